The Kier molecular flexibility index (Phi) is 4.15. The van der Waals surface area contributed by atoms with E-state index in [1.807, 2.05) is 36.4 Å². The second-order valence-corrected chi connectivity index (χ2v) is 4.90. The number of carbonyl (C=O) groups excluding carboxylic acids is 1. The van der Waals surface area contributed by atoms with Gasteiger partial charge in [0.05, 0.1) is 14.2 Å². The number of ether oxygens (including phenoxy) is 3. The van der Waals surface area contributed by atoms with Crippen molar-refractivity contribution >= 4 is 16.7 Å². The SMILES string of the molecule is COc1cccc(OC)c1C(=O)Oc1cccc2ccccc12. The summed E-state index contributed by atoms with van der Waals surface area (Å²) in [6, 6.07) is 18.5. The minimum absolute atomic E-state index is 0.269. The normalized spacial score (nSPS) is 10.3. The van der Waals surface area contributed by atoms with Gasteiger partial charge in [-0.2, -0.15) is 0 Å². The van der Waals surface area contributed by atoms with Crippen LogP contribution < -0.4 is 14.2 Å². The summed E-state index contributed by atoms with van der Waals surface area (Å²) in [6.45, 7) is 0. The lowest BCUT2D eigenvalue weighted by molar-refractivity contribution is 0.0730. The van der Waals surface area contributed by atoms with Crippen molar-refractivity contribution < 1.29 is 19.0 Å². The van der Waals surface area contributed by atoms with Crippen LogP contribution in [-0.4, -0.2) is 20.2 Å². The van der Waals surface area contributed by atoms with Gasteiger partial charge in [-0.25, -0.2) is 4.79 Å². The molecule has 0 spiro atoms. The lowest BCUT2D eigenvalue weighted by Crippen LogP contribution is -2.12. The largest absolute Gasteiger partial charge is 0.496 e. The highest BCUT2D eigenvalue weighted by atomic mass is 16.5. The highest BCUT2D eigenvalue weighted by molar-refractivity contribution is 5.99. The summed E-state index contributed by atoms with van der Waals surface area (Å²) in [6.07, 6.45) is 0. The first-order valence-electron chi connectivity index (χ1n) is 7.15. The molecule has 0 aliphatic heterocycles. The van der Waals surface area contributed by atoms with E-state index in [-0.39, 0.29) is 5.56 Å². The highest BCUT2D eigenvalue weighted by Crippen LogP contribution is 2.31. The zero-order valence-corrected chi connectivity index (χ0v) is 12.9. The van der Waals surface area contributed by atoms with Crippen LogP contribution in [0.15, 0.2) is 60.7 Å². The molecule has 23 heavy (non-hydrogen) atoms. The molecule has 0 saturated carbocycles. The van der Waals surface area contributed by atoms with E-state index >= 15 is 0 Å². The summed E-state index contributed by atoms with van der Waals surface area (Å²) in [5, 5.41) is 1.88. The van der Waals surface area contributed by atoms with Crippen molar-refractivity contribution in [1.29, 1.82) is 0 Å². The fraction of sp³-hybridized carbons (Fsp3) is 0.105. The summed E-state index contributed by atoms with van der Waals surface area (Å²) >= 11 is 0. The number of hydrogen-bond donors (Lipinski definition) is 0. The van der Waals surface area contributed by atoms with E-state index in [1.54, 1.807) is 24.3 Å². The number of fused-ring (bicyclic) bond motifs is 1. The fourth-order valence-corrected chi connectivity index (χ4v) is 2.49. The van der Waals surface area contributed by atoms with Crippen LogP contribution in [-0.2, 0) is 0 Å². The third kappa shape index (κ3) is 2.83. The van der Waals surface area contributed by atoms with Gasteiger partial charge < -0.3 is 14.2 Å². The summed E-state index contributed by atoms with van der Waals surface area (Å²) in [4.78, 5) is 12.6. The predicted octanol–water partition coefficient (Wildman–Crippen LogP) is 4.08. The van der Waals surface area contributed by atoms with Crippen molar-refractivity contribution in [2.75, 3.05) is 14.2 Å². The van der Waals surface area contributed by atoms with E-state index in [0.717, 1.165) is 10.8 Å². The molecular formula is C19H16O4. The van der Waals surface area contributed by atoms with Gasteiger partial charge in [0.1, 0.15) is 22.8 Å². The van der Waals surface area contributed by atoms with Crippen LogP contribution >= 0.6 is 0 Å². The lowest BCUT2D eigenvalue weighted by Gasteiger charge is -2.13. The van der Waals surface area contributed by atoms with Gasteiger partial charge >= 0.3 is 5.97 Å². The topological polar surface area (TPSA) is 44.8 Å². The van der Waals surface area contributed by atoms with Crippen LogP contribution in [0.2, 0.25) is 0 Å². The molecule has 0 fully saturated rings. The second kappa shape index (κ2) is 6.40. The summed E-state index contributed by atoms with van der Waals surface area (Å²) in [5.41, 5.74) is 0.269. The molecule has 0 saturated heterocycles. The molecule has 0 heterocycles. The first kappa shape index (κ1) is 14.9. The first-order valence-corrected chi connectivity index (χ1v) is 7.15. The Balaban J connectivity index is 2.02. The molecule has 0 bridgehead atoms. The Morgan fingerprint density at radius 2 is 1.30 bits per heavy atom. The van der Waals surface area contributed by atoms with Crippen LogP contribution in [0, 0.1) is 0 Å². The number of esters is 1. The lowest BCUT2D eigenvalue weighted by atomic mass is 10.1. The number of rotatable bonds is 4. The van der Waals surface area contributed by atoms with Gasteiger partial charge in [-0.3, -0.25) is 0 Å². The molecule has 0 aliphatic rings. The Hall–Kier alpha value is -3.01. The summed E-state index contributed by atoms with van der Waals surface area (Å²) < 4.78 is 16.1. The van der Waals surface area contributed by atoms with Crippen LogP contribution in [0.25, 0.3) is 10.8 Å². The van der Waals surface area contributed by atoms with Crippen LogP contribution in [0.5, 0.6) is 17.2 Å². The minimum Gasteiger partial charge on any atom is -0.496 e. The molecular weight excluding hydrogens is 292 g/mol. The molecule has 0 amide bonds. The Morgan fingerprint density at radius 3 is 2.00 bits per heavy atom. The molecule has 3 aromatic rings. The molecule has 0 radical (unpaired) electrons. The van der Waals surface area contributed by atoms with E-state index in [2.05, 4.69) is 0 Å². The van der Waals surface area contributed by atoms with Crippen LogP contribution in [0.4, 0.5) is 0 Å². The second-order valence-electron chi connectivity index (χ2n) is 4.90. The average molecular weight is 308 g/mol. The van der Waals surface area contributed by atoms with Crippen molar-refractivity contribution in [2.45, 2.75) is 0 Å². The maximum absolute atomic E-state index is 12.6. The predicted molar refractivity (Wildman–Crippen MR) is 88.5 cm³/mol. The molecule has 0 aromatic heterocycles. The smallest absolute Gasteiger partial charge is 0.351 e. The molecule has 3 aromatic carbocycles. The molecule has 116 valence electrons. The first-order chi connectivity index (χ1) is 11.2. The minimum atomic E-state index is -0.518. The molecule has 4 heteroatoms. The van der Waals surface area contributed by atoms with Crippen molar-refractivity contribution in [3.05, 3.63) is 66.2 Å². The Morgan fingerprint density at radius 1 is 0.739 bits per heavy atom. The Labute approximate surface area is 134 Å². The highest BCUT2D eigenvalue weighted by Gasteiger charge is 2.21. The van der Waals surface area contributed by atoms with E-state index in [0.29, 0.717) is 17.2 Å². The van der Waals surface area contributed by atoms with Crippen molar-refractivity contribution in [2.24, 2.45) is 0 Å². The van der Waals surface area contributed by atoms with Gasteiger partial charge in [0.25, 0.3) is 0 Å². The van der Waals surface area contributed by atoms with E-state index in [9.17, 15) is 4.79 Å². The van der Waals surface area contributed by atoms with Gasteiger partial charge in [-0.05, 0) is 23.6 Å². The number of carbonyl (C=O) groups is 1. The van der Waals surface area contributed by atoms with Crippen LogP contribution in [0.1, 0.15) is 10.4 Å². The Bertz CT molecular complexity index is 827. The molecule has 0 N–H and O–H groups in total. The molecule has 3 rings (SSSR count). The van der Waals surface area contributed by atoms with Gasteiger partial charge in [0.2, 0.25) is 0 Å². The van der Waals surface area contributed by atoms with Gasteiger partial charge in [0, 0.05) is 5.39 Å². The number of hydrogen-bond acceptors (Lipinski definition) is 4. The van der Waals surface area contributed by atoms with E-state index in [4.69, 9.17) is 14.2 Å². The van der Waals surface area contributed by atoms with Gasteiger partial charge in [-0.15, -0.1) is 0 Å². The molecule has 0 atom stereocenters. The van der Waals surface area contributed by atoms with E-state index < -0.39 is 5.97 Å². The number of benzene rings is 3. The average Bonchev–Trinajstić information content (AvgIpc) is 2.61. The molecule has 0 aliphatic carbocycles. The van der Waals surface area contributed by atoms with Gasteiger partial charge in [0.15, 0.2) is 0 Å². The zero-order valence-electron chi connectivity index (χ0n) is 12.9. The summed E-state index contributed by atoms with van der Waals surface area (Å²) in [7, 11) is 3.01. The van der Waals surface area contributed by atoms with Gasteiger partial charge in [-0.1, -0.05) is 42.5 Å². The standard InChI is InChI=1S/C19H16O4/c1-21-16-11-6-12-17(22-2)18(16)19(20)23-15-10-5-8-13-7-3-4-9-14(13)15/h3-12H,1-2H3. The van der Waals surface area contributed by atoms with Crippen molar-refractivity contribution in [3.8, 4) is 17.2 Å². The fourth-order valence-electron chi connectivity index (χ4n) is 2.49. The third-order valence-electron chi connectivity index (χ3n) is 3.58. The monoisotopic (exact) mass is 308 g/mol. The molecule has 4 nitrogen and oxygen atoms in total. The maximum Gasteiger partial charge on any atom is 0.351 e. The number of methoxy groups -OCH3 is 2. The quantitative estimate of drug-likeness (QED) is 0.538. The van der Waals surface area contributed by atoms with E-state index in [1.165, 1.54) is 14.2 Å². The van der Waals surface area contributed by atoms with Crippen molar-refractivity contribution in [1.82, 2.24) is 0 Å². The van der Waals surface area contributed by atoms with Crippen molar-refractivity contribution in [3.63, 3.8) is 0 Å². The summed E-state index contributed by atoms with van der Waals surface area (Å²) in [5.74, 6) is 0.806. The zero-order chi connectivity index (χ0) is 16.2. The van der Waals surface area contributed by atoms with Crippen LogP contribution in [0.3, 0.4) is 0 Å². The maximum atomic E-state index is 12.6. The third-order valence-corrected chi connectivity index (χ3v) is 3.58. The molecule has 0 unspecified atom stereocenters.